The Morgan fingerprint density at radius 1 is 1.38 bits per heavy atom. The molecule has 0 fully saturated rings. The summed E-state index contributed by atoms with van der Waals surface area (Å²) in [5.41, 5.74) is -0.428. The van der Waals surface area contributed by atoms with Crippen LogP contribution in [0.3, 0.4) is 0 Å². The van der Waals surface area contributed by atoms with Gasteiger partial charge in [-0.15, -0.1) is 0 Å². The first-order chi connectivity index (χ1) is 5.64. The monoisotopic (exact) mass is 208 g/mol. The molecule has 0 unspecified atom stereocenters. The molecule has 13 heavy (non-hydrogen) atoms. The van der Waals surface area contributed by atoms with Gasteiger partial charge in [0.25, 0.3) is 10.2 Å². The van der Waals surface area contributed by atoms with Gasteiger partial charge in [0.2, 0.25) is 0 Å². The van der Waals surface area contributed by atoms with Crippen LogP contribution in [0.4, 0.5) is 0 Å². The van der Waals surface area contributed by atoms with Crippen LogP contribution in [0.5, 0.6) is 0 Å². The van der Waals surface area contributed by atoms with Crippen LogP contribution in [-0.2, 0) is 10.2 Å². The topological polar surface area (TPSA) is 63.4 Å². The summed E-state index contributed by atoms with van der Waals surface area (Å²) >= 11 is 0. The molecule has 0 rings (SSSR count). The minimum Gasteiger partial charge on any atom is -0.216 e. The molecule has 0 aromatic carbocycles. The Morgan fingerprint density at radius 3 is 1.85 bits per heavy atom. The number of rotatable bonds is 4. The highest BCUT2D eigenvalue weighted by molar-refractivity contribution is 7.86. The quantitative estimate of drug-likeness (QED) is 0.747. The zero-order valence-corrected chi connectivity index (χ0v) is 9.85. The molecule has 0 bridgehead atoms. The van der Waals surface area contributed by atoms with Crippen molar-refractivity contribution in [1.29, 1.82) is 0 Å². The Kier molecular flexibility index (Phi) is 3.90. The average molecular weight is 208 g/mol. The summed E-state index contributed by atoms with van der Waals surface area (Å²) in [4.78, 5) is 0. The van der Waals surface area contributed by atoms with E-state index in [0.717, 1.165) is 0 Å². The zero-order valence-electron chi connectivity index (χ0n) is 9.03. The third-order valence-corrected chi connectivity index (χ3v) is 3.99. The highest BCUT2D eigenvalue weighted by Gasteiger charge is 2.35. The second-order valence-corrected chi connectivity index (χ2v) is 5.49. The van der Waals surface area contributed by atoms with Crippen LogP contribution < -0.4 is 5.14 Å². The van der Waals surface area contributed by atoms with Crippen LogP contribution in [0.1, 0.15) is 34.6 Å². The fourth-order valence-corrected chi connectivity index (χ4v) is 2.43. The fraction of sp³-hybridized carbons (Fsp3) is 1.00. The van der Waals surface area contributed by atoms with E-state index in [9.17, 15) is 8.42 Å². The van der Waals surface area contributed by atoms with Crippen LogP contribution in [-0.4, -0.2) is 24.8 Å². The fourth-order valence-electron chi connectivity index (χ4n) is 1.20. The number of nitrogens with zero attached hydrogens (tertiary/aromatic N) is 1. The molecule has 2 N–H and O–H groups in total. The van der Waals surface area contributed by atoms with Crippen LogP contribution in [0.15, 0.2) is 0 Å². The highest BCUT2D eigenvalue weighted by atomic mass is 32.2. The first-order valence-electron chi connectivity index (χ1n) is 4.44. The van der Waals surface area contributed by atoms with Crippen molar-refractivity contribution in [2.75, 3.05) is 6.54 Å². The molecule has 0 aliphatic heterocycles. The zero-order chi connectivity index (χ0) is 10.9. The van der Waals surface area contributed by atoms with Gasteiger partial charge in [0, 0.05) is 12.1 Å². The summed E-state index contributed by atoms with van der Waals surface area (Å²) in [7, 11) is -3.58. The second-order valence-electron chi connectivity index (χ2n) is 4.02. The first-order valence-corrected chi connectivity index (χ1v) is 5.95. The lowest BCUT2D eigenvalue weighted by Gasteiger charge is -2.38. The van der Waals surface area contributed by atoms with E-state index in [1.807, 2.05) is 27.7 Å². The molecule has 0 saturated heterocycles. The van der Waals surface area contributed by atoms with E-state index in [0.29, 0.717) is 6.54 Å². The predicted octanol–water partition coefficient (Wildman–Crippen LogP) is 0.946. The van der Waals surface area contributed by atoms with Crippen molar-refractivity contribution in [3.63, 3.8) is 0 Å². The van der Waals surface area contributed by atoms with Gasteiger partial charge in [-0.2, -0.15) is 12.7 Å². The molecular formula is C8H20N2O2S. The van der Waals surface area contributed by atoms with Crippen molar-refractivity contribution >= 4 is 10.2 Å². The van der Waals surface area contributed by atoms with Gasteiger partial charge in [0.1, 0.15) is 0 Å². The highest BCUT2D eigenvalue weighted by Crippen LogP contribution is 2.25. The summed E-state index contributed by atoms with van der Waals surface area (Å²) in [5, 5.41) is 5.11. The van der Waals surface area contributed by atoms with Gasteiger partial charge in [-0.05, 0) is 19.8 Å². The van der Waals surface area contributed by atoms with Crippen molar-refractivity contribution in [2.24, 2.45) is 11.1 Å². The third-order valence-electron chi connectivity index (χ3n) is 2.65. The molecule has 0 amide bonds. The number of hydrogen-bond acceptors (Lipinski definition) is 2. The maximum Gasteiger partial charge on any atom is 0.277 e. The van der Waals surface area contributed by atoms with Gasteiger partial charge in [-0.3, -0.25) is 0 Å². The minimum absolute atomic E-state index is 0.228. The van der Waals surface area contributed by atoms with E-state index in [-0.39, 0.29) is 5.92 Å². The lowest BCUT2D eigenvalue weighted by atomic mass is 9.91. The standard InChI is InChI=1S/C8H20N2O2S/c1-6-10(13(9,11)12)8(4,5)7(2)3/h7H,6H2,1-5H3,(H2,9,11,12). The van der Waals surface area contributed by atoms with Crippen molar-refractivity contribution in [3.8, 4) is 0 Å². The molecule has 0 aromatic rings. The summed E-state index contributed by atoms with van der Waals surface area (Å²) < 4.78 is 23.8. The third kappa shape index (κ3) is 2.93. The van der Waals surface area contributed by atoms with Crippen molar-refractivity contribution in [1.82, 2.24) is 4.31 Å². The molecular weight excluding hydrogens is 188 g/mol. The minimum atomic E-state index is -3.58. The van der Waals surface area contributed by atoms with E-state index in [2.05, 4.69) is 0 Å². The maximum absolute atomic E-state index is 11.2. The van der Waals surface area contributed by atoms with Crippen molar-refractivity contribution in [3.05, 3.63) is 0 Å². The lowest BCUT2D eigenvalue weighted by molar-refractivity contribution is 0.172. The SMILES string of the molecule is CCN(C(C)(C)C(C)C)S(N)(=O)=O. The van der Waals surface area contributed by atoms with Gasteiger partial charge in [0.05, 0.1) is 0 Å². The molecule has 5 heteroatoms. The number of hydrogen-bond donors (Lipinski definition) is 1. The Hall–Kier alpha value is -0.130. The van der Waals surface area contributed by atoms with E-state index in [1.165, 1.54) is 4.31 Å². The second kappa shape index (κ2) is 3.94. The Balaban J connectivity index is 5.00. The first kappa shape index (κ1) is 12.9. The van der Waals surface area contributed by atoms with Gasteiger partial charge in [0.15, 0.2) is 0 Å². The normalized spacial score (nSPS) is 14.2. The smallest absolute Gasteiger partial charge is 0.216 e. The van der Waals surface area contributed by atoms with Gasteiger partial charge in [-0.1, -0.05) is 20.8 Å². The number of nitrogens with two attached hydrogens (primary N) is 1. The molecule has 0 heterocycles. The van der Waals surface area contributed by atoms with Crippen LogP contribution in [0.25, 0.3) is 0 Å². The van der Waals surface area contributed by atoms with Gasteiger partial charge in [-0.25, -0.2) is 5.14 Å². The predicted molar refractivity (Wildman–Crippen MR) is 54.4 cm³/mol. The summed E-state index contributed by atoms with van der Waals surface area (Å²) in [5.74, 6) is 0.228. The van der Waals surface area contributed by atoms with Gasteiger partial charge < -0.3 is 0 Å². The molecule has 0 atom stereocenters. The van der Waals surface area contributed by atoms with Crippen LogP contribution >= 0.6 is 0 Å². The molecule has 0 spiro atoms. The largest absolute Gasteiger partial charge is 0.277 e. The molecule has 4 nitrogen and oxygen atoms in total. The van der Waals surface area contributed by atoms with Gasteiger partial charge >= 0.3 is 0 Å². The van der Waals surface area contributed by atoms with E-state index in [1.54, 1.807) is 6.92 Å². The summed E-state index contributed by atoms with van der Waals surface area (Å²) in [6.07, 6.45) is 0. The lowest BCUT2D eigenvalue weighted by Crippen LogP contribution is -2.53. The summed E-state index contributed by atoms with van der Waals surface area (Å²) in [6.45, 7) is 9.91. The molecule has 0 saturated carbocycles. The van der Waals surface area contributed by atoms with E-state index < -0.39 is 15.7 Å². The molecule has 0 radical (unpaired) electrons. The van der Waals surface area contributed by atoms with Crippen molar-refractivity contribution < 1.29 is 8.42 Å². The Labute approximate surface area is 81.3 Å². The Morgan fingerprint density at radius 2 is 1.77 bits per heavy atom. The summed E-state index contributed by atoms with van der Waals surface area (Å²) in [6, 6.07) is 0. The molecule has 0 aliphatic rings. The maximum atomic E-state index is 11.2. The van der Waals surface area contributed by atoms with Crippen molar-refractivity contribution in [2.45, 2.75) is 40.2 Å². The molecule has 0 aromatic heterocycles. The van der Waals surface area contributed by atoms with E-state index >= 15 is 0 Å². The molecule has 80 valence electrons. The van der Waals surface area contributed by atoms with E-state index in [4.69, 9.17) is 5.14 Å². The average Bonchev–Trinajstić information content (AvgIpc) is 1.83. The van der Waals surface area contributed by atoms with Crippen LogP contribution in [0.2, 0.25) is 0 Å². The molecule has 0 aliphatic carbocycles. The Bertz CT molecular complexity index is 257. The van der Waals surface area contributed by atoms with Crippen LogP contribution in [0, 0.1) is 5.92 Å².